The van der Waals surface area contributed by atoms with Gasteiger partial charge in [0.15, 0.2) is 0 Å². The van der Waals surface area contributed by atoms with E-state index in [2.05, 4.69) is 17.4 Å². The second-order valence-corrected chi connectivity index (χ2v) is 4.87. The predicted molar refractivity (Wildman–Crippen MR) is 72.9 cm³/mol. The molecule has 1 saturated heterocycles. The van der Waals surface area contributed by atoms with E-state index in [-0.39, 0.29) is 0 Å². The standard InChI is InChI=1S/C15H23NO2/c1-17-15-4-2-14(3-5-15)12-16-9-6-13-7-10-18-11-8-13/h2-5,13,16H,6-12H2,1H3. The van der Waals surface area contributed by atoms with Crippen molar-refractivity contribution in [2.75, 3.05) is 26.9 Å². The highest BCUT2D eigenvalue weighted by Gasteiger charge is 2.12. The summed E-state index contributed by atoms with van der Waals surface area (Å²) in [6, 6.07) is 8.24. The molecule has 3 heteroatoms. The molecule has 0 radical (unpaired) electrons. The fourth-order valence-corrected chi connectivity index (χ4v) is 2.32. The molecule has 3 nitrogen and oxygen atoms in total. The van der Waals surface area contributed by atoms with E-state index in [4.69, 9.17) is 9.47 Å². The van der Waals surface area contributed by atoms with Gasteiger partial charge in [0.1, 0.15) is 5.75 Å². The molecule has 1 aromatic carbocycles. The Hall–Kier alpha value is -1.06. The SMILES string of the molecule is COc1ccc(CNCCC2CCOCC2)cc1. The average Bonchev–Trinajstić information content (AvgIpc) is 2.45. The van der Waals surface area contributed by atoms with E-state index in [1.54, 1.807) is 7.11 Å². The zero-order chi connectivity index (χ0) is 12.6. The van der Waals surface area contributed by atoms with E-state index in [1.807, 2.05) is 12.1 Å². The van der Waals surface area contributed by atoms with Gasteiger partial charge in [0, 0.05) is 19.8 Å². The molecular weight excluding hydrogens is 226 g/mol. The Morgan fingerprint density at radius 1 is 1.22 bits per heavy atom. The summed E-state index contributed by atoms with van der Waals surface area (Å²) in [5, 5.41) is 3.50. The van der Waals surface area contributed by atoms with Crippen LogP contribution in [0, 0.1) is 5.92 Å². The van der Waals surface area contributed by atoms with E-state index >= 15 is 0 Å². The van der Waals surface area contributed by atoms with E-state index < -0.39 is 0 Å². The van der Waals surface area contributed by atoms with Crippen LogP contribution in [0.2, 0.25) is 0 Å². The van der Waals surface area contributed by atoms with Crippen LogP contribution in [0.5, 0.6) is 5.75 Å². The molecule has 1 aliphatic rings. The van der Waals surface area contributed by atoms with Crippen LogP contribution < -0.4 is 10.1 Å². The molecule has 1 N–H and O–H groups in total. The van der Waals surface area contributed by atoms with Crippen LogP contribution in [-0.4, -0.2) is 26.9 Å². The van der Waals surface area contributed by atoms with Crippen LogP contribution in [0.3, 0.4) is 0 Å². The van der Waals surface area contributed by atoms with E-state index in [9.17, 15) is 0 Å². The minimum Gasteiger partial charge on any atom is -0.497 e. The van der Waals surface area contributed by atoms with Crippen molar-refractivity contribution in [3.05, 3.63) is 29.8 Å². The number of methoxy groups -OCH3 is 1. The van der Waals surface area contributed by atoms with Gasteiger partial charge in [0.05, 0.1) is 7.11 Å². The number of rotatable bonds is 6. The molecule has 1 heterocycles. The largest absolute Gasteiger partial charge is 0.497 e. The zero-order valence-electron chi connectivity index (χ0n) is 11.2. The van der Waals surface area contributed by atoms with Crippen molar-refractivity contribution in [3.63, 3.8) is 0 Å². The summed E-state index contributed by atoms with van der Waals surface area (Å²) in [6.45, 7) is 3.93. The van der Waals surface area contributed by atoms with Crippen LogP contribution in [0.4, 0.5) is 0 Å². The van der Waals surface area contributed by atoms with Gasteiger partial charge >= 0.3 is 0 Å². The Bertz CT molecular complexity index is 331. The van der Waals surface area contributed by atoms with Crippen molar-refractivity contribution >= 4 is 0 Å². The Kier molecular flexibility index (Phi) is 5.49. The molecular formula is C15H23NO2. The fourth-order valence-electron chi connectivity index (χ4n) is 2.32. The van der Waals surface area contributed by atoms with Gasteiger partial charge in [-0.05, 0) is 49.4 Å². The first-order valence-electron chi connectivity index (χ1n) is 6.80. The highest BCUT2D eigenvalue weighted by atomic mass is 16.5. The van der Waals surface area contributed by atoms with Gasteiger partial charge in [0.2, 0.25) is 0 Å². The normalized spacial score (nSPS) is 16.7. The molecule has 100 valence electrons. The predicted octanol–water partition coefficient (Wildman–Crippen LogP) is 2.60. The van der Waals surface area contributed by atoms with E-state index in [0.717, 1.165) is 38.0 Å². The maximum absolute atomic E-state index is 5.36. The lowest BCUT2D eigenvalue weighted by atomic mass is 9.97. The smallest absolute Gasteiger partial charge is 0.118 e. The van der Waals surface area contributed by atoms with Crippen LogP contribution in [-0.2, 0) is 11.3 Å². The lowest BCUT2D eigenvalue weighted by Gasteiger charge is -2.21. The molecule has 0 unspecified atom stereocenters. The van der Waals surface area contributed by atoms with Crippen LogP contribution in [0.1, 0.15) is 24.8 Å². The Balaban J connectivity index is 1.62. The first kappa shape index (κ1) is 13.4. The molecule has 0 spiro atoms. The monoisotopic (exact) mass is 249 g/mol. The van der Waals surface area contributed by atoms with Crippen molar-refractivity contribution in [1.82, 2.24) is 5.32 Å². The lowest BCUT2D eigenvalue weighted by Crippen LogP contribution is -2.22. The molecule has 2 rings (SSSR count). The Labute approximate surface area is 109 Å². The van der Waals surface area contributed by atoms with Crippen LogP contribution in [0.15, 0.2) is 24.3 Å². The molecule has 0 amide bonds. The number of benzene rings is 1. The molecule has 1 aromatic rings. The highest BCUT2D eigenvalue weighted by molar-refractivity contribution is 5.26. The number of ether oxygens (including phenoxy) is 2. The molecule has 0 bridgehead atoms. The first-order chi connectivity index (χ1) is 8.88. The summed E-state index contributed by atoms with van der Waals surface area (Å²) in [7, 11) is 1.70. The van der Waals surface area contributed by atoms with Gasteiger partial charge in [0.25, 0.3) is 0 Å². The highest BCUT2D eigenvalue weighted by Crippen LogP contribution is 2.17. The van der Waals surface area contributed by atoms with Crippen molar-refractivity contribution in [2.24, 2.45) is 5.92 Å². The van der Waals surface area contributed by atoms with Gasteiger partial charge in [-0.1, -0.05) is 12.1 Å². The molecule has 18 heavy (non-hydrogen) atoms. The average molecular weight is 249 g/mol. The number of hydrogen-bond donors (Lipinski definition) is 1. The topological polar surface area (TPSA) is 30.5 Å². The summed E-state index contributed by atoms with van der Waals surface area (Å²) in [6.07, 6.45) is 3.72. The summed E-state index contributed by atoms with van der Waals surface area (Å²) in [4.78, 5) is 0. The first-order valence-corrected chi connectivity index (χ1v) is 6.80. The minimum atomic E-state index is 0.849. The second kappa shape index (κ2) is 7.39. The van der Waals surface area contributed by atoms with Gasteiger partial charge in [-0.25, -0.2) is 0 Å². The molecule has 1 aliphatic heterocycles. The van der Waals surface area contributed by atoms with Gasteiger partial charge in [-0.15, -0.1) is 0 Å². The quantitative estimate of drug-likeness (QED) is 0.786. The van der Waals surface area contributed by atoms with Crippen molar-refractivity contribution in [1.29, 1.82) is 0 Å². The number of nitrogens with one attached hydrogen (secondary N) is 1. The van der Waals surface area contributed by atoms with Gasteiger partial charge in [-0.3, -0.25) is 0 Å². The third kappa shape index (κ3) is 4.31. The third-order valence-electron chi connectivity index (χ3n) is 3.56. The molecule has 1 fully saturated rings. The lowest BCUT2D eigenvalue weighted by molar-refractivity contribution is 0.0639. The number of hydrogen-bond acceptors (Lipinski definition) is 3. The van der Waals surface area contributed by atoms with Crippen molar-refractivity contribution in [3.8, 4) is 5.75 Å². The van der Waals surface area contributed by atoms with Crippen molar-refractivity contribution < 1.29 is 9.47 Å². The molecule has 0 saturated carbocycles. The molecule has 0 atom stereocenters. The maximum Gasteiger partial charge on any atom is 0.118 e. The second-order valence-electron chi connectivity index (χ2n) is 4.87. The third-order valence-corrected chi connectivity index (χ3v) is 3.56. The summed E-state index contributed by atoms with van der Waals surface area (Å²) >= 11 is 0. The van der Waals surface area contributed by atoms with Gasteiger partial charge < -0.3 is 14.8 Å². The zero-order valence-corrected chi connectivity index (χ0v) is 11.2. The summed E-state index contributed by atoms with van der Waals surface area (Å²) in [5.41, 5.74) is 1.31. The Morgan fingerprint density at radius 2 is 1.94 bits per heavy atom. The summed E-state index contributed by atoms with van der Waals surface area (Å²) in [5.74, 6) is 1.77. The van der Waals surface area contributed by atoms with E-state index in [0.29, 0.717) is 0 Å². The van der Waals surface area contributed by atoms with Crippen molar-refractivity contribution in [2.45, 2.75) is 25.8 Å². The van der Waals surface area contributed by atoms with Gasteiger partial charge in [-0.2, -0.15) is 0 Å². The minimum absolute atomic E-state index is 0.849. The fraction of sp³-hybridized carbons (Fsp3) is 0.600. The maximum atomic E-state index is 5.36. The van der Waals surface area contributed by atoms with E-state index in [1.165, 1.54) is 24.8 Å². The Morgan fingerprint density at radius 3 is 2.61 bits per heavy atom. The van der Waals surface area contributed by atoms with Crippen LogP contribution in [0.25, 0.3) is 0 Å². The summed E-state index contributed by atoms with van der Waals surface area (Å²) < 4.78 is 10.5. The molecule has 0 aromatic heterocycles. The van der Waals surface area contributed by atoms with Crippen LogP contribution >= 0.6 is 0 Å². The molecule has 0 aliphatic carbocycles.